The molecule has 20 heavy (non-hydrogen) atoms. The minimum absolute atomic E-state index is 0.0773. The average Bonchev–Trinajstić information content (AvgIpc) is 2.73. The Morgan fingerprint density at radius 2 is 2.00 bits per heavy atom. The summed E-state index contributed by atoms with van der Waals surface area (Å²) < 4.78 is 11.8. The van der Waals surface area contributed by atoms with E-state index in [9.17, 15) is 4.79 Å². The third kappa shape index (κ3) is 4.59. The van der Waals surface area contributed by atoms with Crippen molar-refractivity contribution in [1.29, 1.82) is 0 Å². The van der Waals surface area contributed by atoms with Crippen molar-refractivity contribution >= 4 is 33.4 Å². The number of halogens is 1. The molecule has 1 aromatic heterocycles. The van der Waals surface area contributed by atoms with Crippen LogP contribution in [0.5, 0.6) is 5.19 Å². The van der Waals surface area contributed by atoms with Crippen molar-refractivity contribution < 1.29 is 14.3 Å². The fraction of sp³-hybridized carbons (Fsp3) is 0.750. The first-order valence-electron chi connectivity index (χ1n) is 6.47. The Kier molecular flexibility index (Phi) is 4.85. The lowest BCUT2D eigenvalue weighted by Gasteiger charge is -2.33. The molecule has 0 N–H and O–H groups in total. The predicted molar refractivity (Wildman–Crippen MR) is 79.1 cm³/mol. The van der Waals surface area contributed by atoms with E-state index >= 15 is 0 Å². The second-order valence-corrected chi connectivity index (χ2v) is 7.82. The molecule has 6 nitrogen and oxygen atoms in total. The molecular weight excluding hydrogens is 346 g/mol. The first kappa shape index (κ1) is 15.5. The molecule has 0 aliphatic carbocycles. The van der Waals surface area contributed by atoms with E-state index in [2.05, 4.69) is 26.1 Å². The summed E-state index contributed by atoms with van der Waals surface area (Å²) in [6.45, 7) is 6.88. The monoisotopic (exact) mass is 363 g/mol. The van der Waals surface area contributed by atoms with Crippen LogP contribution in [0, 0.1) is 0 Å². The number of hydrogen-bond donors (Lipinski definition) is 0. The third-order valence-corrected chi connectivity index (χ3v) is 3.99. The van der Waals surface area contributed by atoms with Gasteiger partial charge in [-0.15, -0.1) is 5.10 Å². The molecular formula is C12H18BrN3O3S. The summed E-state index contributed by atoms with van der Waals surface area (Å²) in [4.78, 5) is 13.6. The number of amides is 1. The first-order valence-corrected chi connectivity index (χ1v) is 8.08. The second kappa shape index (κ2) is 6.26. The fourth-order valence-corrected chi connectivity index (χ4v) is 2.85. The first-order chi connectivity index (χ1) is 9.33. The Balaban J connectivity index is 1.79. The van der Waals surface area contributed by atoms with Crippen molar-refractivity contribution in [2.75, 3.05) is 13.1 Å². The van der Waals surface area contributed by atoms with Gasteiger partial charge in [-0.1, -0.05) is 5.10 Å². The molecule has 0 aromatic carbocycles. The van der Waals surface area contributed by atoms with E-state index in [0.717, 1.165) is 12.8 Å². The highest BCUT2D eigenvalue weighted by Crippen LogP contribution is 2.26. The van der Waals surface area contributed by atoms with Crippen LogP contribution < -0.4 is 4.74 Å². The normalized spacial score (nSPS) is 17.1. The molecule has 0 saturated carbocycles. The maximum absolute atomic E-state index is 11.9. The fourth-order valence-electron chi connectivity index (χ4n) is 1.87. The lowest BCUT2D eigenvalue weighted by Crippen LogP contribution is -2.44. The number of nitrogens with zero attached hydrogens (tertiary/aromatic N) is 3. The van der Waals surface area contributed by atoms with Crippen LogP contribution in [-0.2, 0) is 4.74 Å². The molecule has 0 radical (unpaired) electrons. The topological polar surface area (TPSA) is 64.5 Å². The standard InChI is InChI=1S/C12H18BrN3O3S/c1-12(2,3)19-11(17)16-6-4-8(5-7-16)18-10-15-14-9(13)20-10/h8H,4-7H2,1-3H3. The third-order valence-electron chi connectivity index (χ3n) is 2.74. The number of aromatic nitrogens is 2. The Bertz CT molecular complexity index is 467. The number of piperidine rings is 1. The lowest BCUT2D eigenvalue weighted by atomic mass is 10.1. The maximum Gasteiger partial charge on any atom is 0.410 e. The van der Waals surface area contributed by atoms with E-state index in [1.165, 1.54) is 11.3 Å². The van der Waals surface area contributed by atoms with Gasteiger partial charge in [-0.25, -0.2) is 4.79 Å². The molecule has 2 rings (SSSR count). The highest BCUT2D eigenvalue weighted by molar-refractivity contribution is 9.11. The van der Waals surface area contributed by atoms with Crippen LogP contribution in [0.15, 0.2) is 3.92 Å². The van der Waals surface area contributed by atoms with Gasteiger partial charge in [0.1, 0.15) is 11.7 Å². The zero-order valence-electron chi connectivity index (χ0n) is 11.8. The van der Waals surface area contributed by atoms with Gasteiger partial charge >= 0.3 is 6.09 Å². The summed E-state index contributed by atoms with van der Waals surface area (Å²) in [5.41, 5.74) is -0.455. The van der Waals surface area contributed by atoms with E-state index in [1.54, 1.807) is 4.90 Å². The van der Waals surface area contributed by atoms with Crippen LogP contribution in [0.3, 0.4) is 0 Å². The Morgan fingerprint density at radius 3 is 2.50 bits per heavy atom. The van der Waals surface area contributed by atoms with Gasteiger partial charge in [0.25, 0.3) is 5.19 Å². The van der Waals surface area contributed by atoms with E-state index in [1.807, 2.05) is 20.8 Å². The average molecular weight is 364 g/mol. The molecule has 2 heterocycles. The number of likely N-dealkylation sites (tertiary alicyclic amines) is 1. The van der Waals surface area contributed by atoms with Gasteiger partial charge in [0.05, 0.1) is 0 Å². The largest absolute Gasteiger partial charge is 0.465 e. The summed E-state index contributed by atoms with van der Waals surface area (Å²) in [7, 11) is 0. The van der Waals surface area contributed by atoms with Gasteiger partial charge in [-0.05, 0) is 48.0 Å². The van der Waals surface area contributed by atoms with Crippen LogP contribution in [-0.4, -0.2) is 46.0 Å². The van der Waals surface area contributed by atoms with E-state index in [0.29, 0.717) is 22.2 Å². The molecule has 1 amide bonds. The van der Waals surface area contributed by atoms with Gasteiger partial charge in [0.2, 0.25) is 0 Å². The van der Waals surface area contributed by atoms with Crippen molar-refractivity contribution in [3.63, 3.8) is 0 Å². The van der Waals surface area contributed by atoms with Gasteiger partial charge < -0.3 is 14.4 Å². The van der Waals surface area contributed by atoms with Gasteiger partial charge in [0.15, 0.2) is 3.92 Å². The van der Waals surface area contributed by atoms with Crippen LogP contribution in [0.2, 0.25) is 0 Å². The molecule has 8 heteroatoms. The number of carbonyl (C=O) groups is 1. The number of carbonyl (C=O) groups excluding carboxylic acids is 1. The summed E-state index contributed by atoms with van der Waals surface area (Å²) in [5, 5.41) is 8.31. The second-order valence-electron chi connectivity index (χ2n) is 5.61. The molecule has 0 spiro atoms. The Morgan fingerprint density at radius 1 is 1.35 bits per heavy atom. The van der Waals surface area contributed by atoms with E-state index in [-0.39, 0.29) is 12.2 Å². The quantitative estimate of drug-likeness (QED) is 0.807. The molecule has 112 valence electrons. The summed E-state index contributed by atoms with van der Waals surface area (Å²) in [6, 6.07) is 0. The minimum Gasteiger partial charge on any atom is -0.465 e. The van der Waals surface area contributed by atoms with Crippen molar-refractivity contribution in [2.24, 2.45) is 0 Å². The van der Waals surface area contributed by atoms with E-state index < -0.39 is 5.60 Å². The number of rotatable bonds is 2. The maximum atomic E-state index is 11.9. The highest BCUT2D eigenvalue weighted by Gasteiger charge is 2.28. The summed E-state index contributed by atoms with van der Waals surface area (Å²) >= 11 is 4.61. The van der Waals surface area contributed by atoms with Gasteiger partial charge in [-0.3, -0.25) is 0 Å². The summed E-state index contributed by atoms with van der Waals surface area (Å²) in [6.07, 6.45) is 1.37. The van der Waals surface area contributed by atoms with Gasteiger partial charge in [0, 0.05) is 25.9 Å². The summed E-state index contributed by atoms with van der Waals surface area (Å²) in [5.74, 6) is 0. The molecule has 0 unspecified atom stereocenters. The molecule has 1 fully saturated rings. The molecule has 1 aliphatic rings. The molecule has 1 aliphatic heterocycles. The van der Waals surface area contributed by atoms with Crippen LogP contribution in [0.1, 0.15) is 33.6 Å². The number of hydrogen-bond acceptors (Lipinski definition) is 6. The number of ether oxygens (including phenoxy) is 2. The minimum atomic E-state index is -0.455. The van der Waals surface area contributed by atoms with Crippen LogP contribution >= 0.6 is 27.3 Å². The molecule has 1 aromatic rings. The SMILES string of the molecule is CC(C)(C)OC(=O)N1CCC(Oc2nnc(Br)s2)CC1. The zero-order valence-corrected chi connectivity index (χ0v) is 14.2. The van der Waals surface area contributed by atoms with E-state index in [4.69, 9.17) is 9.47 Å². The molecule has 0 bridgehead atoms. The Labute approximate surface area is 130 Å². The predicted octanol–water partition coefficient (Wildman–Crippen LogP) is 3.08. The highest BCUT2D eigenvalue weighted by atomic mass is 79.9. The van der Waals surface area contributed by atoms with Crippen LogP contribution in [0.4, 0.5) is 4.79 Å². The molecule has 1 saturated heterocycles. The van der Waals surface area contributed by atoms with Crippen LogP contribution in [0.25, 0.3) is 0 Å². The van der Waals surface area contributed by atoms with Crippen molar-refractivity contribution in [2.45, 2.75) is 45.3 Å². The lowest BCUT2D eigenvalue weighted by molar-refractivity contribution is 0.0126. The van der Waals surface area contributed by atoms with Crippen molar-refractivity contribution in [3.05, 3.63) is 3.92 Å². The van der Waals surface area contributed by atoms with Crippen molar-refractivity contribution in [1.82, 2.24) is 15.1 Å². The van der Waals surface area contributed by atoms with Crippen molar-refractivity contribution in [3.8, 4) is 5.19 Å². The smallest absolute Gasteiger partial charge is 0.410 e. The molecule has 0 atom stereocenters. The Hall–Kier alpha value is -0.890. The zero-order chi connectivity index (χ0) is 14.8. The van der Waals surface area contributed by atoms with Gasteiger partial charge in [-0.2, -0.15) is 0 Å².